The number of carbonyl (C=O) groups excluding carboxylic acids is 1. The summed E-state index contributed by atoms with van der Waals surface area (Å²) in [6.45, 7) is 5.47. The quantitative estimate of drug-likeness (QED) is 0.644. The minimum Gasteiger partial charge on any atom is -0.497 e. The topological polar surface area (TPSA) is 68.1 Å². The Morgan fingerprint density at radius 2 is 1.87 bits per heavy atom. The number of aryl methyl sites for hydroxylation is 1. The summed E-state index contributed by atoms with van der Waals surface area (Å²) in [6.07, 6.45) is 1.77. The molecule has 1 N–H and O–H groups in total. The molecule has 0 spiro atoms. The van der Waals surface area contributed by atoms with Gasteiger partial charge >= 0.3 is 0 Å². The second-order valence-corrected chi connectivity index (χ2v) is 8.22. The van der Waals surface area contributed by atoms with Gasteiger partial charge in [0.05, 0.1) is 12.7 Å². The van der Waals surface area contributed by atoms with E-state index in [9.17, 15) is 4.79 Å². The van der Waals surface area contributed by atoms with Gasteiger partial charge in [-0.3, -0.25) is 9.89 Å². The highest BCUT2D eigenvalue weighted by molar-refractivity contribution is 7.71. The van der Waals surface area contributed by atoms with Crippen LogP contribution in [0.15, 0.2) is 30.3 Å². The Hall–Kier alpha value is -2.87. The summed E-state index contributed by atoms with van der Waals surface area (Å²) in [5.74, 6) is 2.20. The number of nitrogens with zero attached hydrogens (tertiary/aromatic N) is 4. The van der Waals surface area contributed by atoms with E-state index in [4.69, 9.17) is 17.0 Å². The normalized spacial score (nSPS) is 14.9. The van der Waals surface area contributed by atoms with Gasteiger partial charge in [-0.15, -0.1) is 0 Å². The second kappa shape index (κ2) is 8.10. The number of likely N-dealkylation sites (tertiary alicyclic amines) is 1. The van der Waals surface area contributed by atoms with Gasteiger partial charge in [-0.2, -0.15) is 5.10 Å². The molecule has 158 valence electrons. The van der Waals surface area contributed by atoms with Crippen molar-refractivity contribution in [3.63, 3.8) is 0 Å². The molecule has 0 bridgehead atoms. The number of H-pyrrole nitrogens is 1. The molecule has 1 aromatic carbocycles. The molecule has 0 aliphatic carbocycles. The summed E-state index contributed by atoms with van der Waals surface area (Å²) in [4.78, 5) is 15.2. The second-order valence-electron chi connectivity index (χ2n) is 7.83. The van der Waals surface area contributed by atoms with E-state index in [0.29, 0.717) is 10.7 Å². The third-order valence-electron chi connectivity index (χ3n) is 6.05. The Bertz CT molecular complexity index is 1120. The number of aromatic nitrogens is 4. The number of aromatic amines is 1. The van der Waals surface area contributed by atoms with E-state index in [1.165, 1.54) is 0 Å². The predicted molar refractivity (Wildman–Crippen MR) is 118 cm³/mol. The first-order valence-electron chi connectivity index (χ1n) is 10.1. The molecule has 0 atom stereocenters. The van der Waals surface area contributed by atoms with Crippen LogP contribution in [0.2, 0.25) is 0 Å². The highest BCUT2D eigenvalue weighted by Crippen LogP contribution is 2.29. The zero-order valence-corrected chi connectivity index (χ0v) is 18.6. The SMILES string of the molecule is COc1ccc(-n2c(C)cc(C(=O)N3CCC(c4n[nH]c(=S)n4C)CC3)c2C)cc1. The summed E-state index contributed by atoms with van der Waals surface area (Å²) in [7, 11) is 3.59. The van der Waals surface area contributed by atoms with E-state index in [1.807, 2.05) is 60.7 Å². The minimum atomic E-state index is 0.0941. The average Bonchev–Trinajstić information content (AvgIpc) is 3.26. The monoisotopic (exact) mass is 425 g/mol. The molecule has 30 heavy (non-hydrogen) atoms. The first-order valence-corrected chi connectivity index (χ1v) is 10.6. The fraction of sp³-hybridized carbons (Fsp3) is 0.409. The number of rotatable bonds is 4. The molecular weight excluding hydrogens is 398 g/mol. The number of piperidine rings is 1. The lowest BCUT2D eigenvalue weighted by Crippen LogP contribution is -2.38. The summed E-state index contributed by atoms with van der Waals surface area (Å²) in [6, 6.07) is 9.88. The number of methoxy groups -OCH3 is 1. The zero-order valence-electron chi connectivity index (χ0n) is 17.8. The summed E-state index contributed by atoms with van der Waals surface area (Å²) >= 11 is 5.23. The molecule has 1 saturated heterocycles. The van der Waals surface area contributed by atoms with Crippen LogP contribution in [-0.4, -0.2) is 50.3 Å². The molecule has 1 aliphatic rings. The van der Waals surface area contributed by atoms with Crippen molar-refractivity contribution in [1.29, 1.82) is 0 Å². The zero-order chi connectivity index (χ0) is 21.4. The number of nitrogens with one attached hydrogen (secondary N) is 1. The lowest BCUT2D eigenvalue weighted by atomic mass is 9.95. The molecule has 4 rings (SSSR count). The van der Waals surface area contributed by atoms with Crippen LogP contribution in [0.25, 0.3) is 5.69 Å². The summed E-state index contributed by atoms with van der Waals surface area (Å²) in [5, 5.41) is 7.23. The molecule has 1 aliphatic heterocycles. The van der Waals surface area contributed by atoms with E-state index in [0.717, 1.165) is 60.1 Å². The third-order valence-corrected chi connectivity index (χ3v) is 6.42. The van der Waals surface area contributed by atoms with Gasteiger partial charge in [0.1, 0.15) is 11.6 Å². The van der Waals surface area contributed by atoms with Gasteiger partial charge in [0, 0.05) is 43.1 Å². The third kappa shape index (κ3) is 3.56. The highest BCUT2D eigenvalue weighted by atomic mass is 32.1. The Morgan fingerprint density at radius 1 is 1.20 bits per heavy atom. The number of hydrogen-bond donors (Lipinski definition) is 1. The Labute approximate surface area is 181 Å². The van der Waals surface area contributed by atoms with Crippen molar-refractivity contribution in [2.75, 3.05) is 20.2 Å². The van der Waals surface area contributed by atoms with E-state index in [-0.39, 0.29) is 5.91 Å². The molecule has 8 heteroatoms. The van der Waals surface area contributed by atoms with Gasteiger partial charge in [0.25, 0.3) is 5.91 Å². The van der Waals surface area contributed by atoms with E-state index >= 15 is 0 Å². The maximum atomic E-state index is 13.3. The van der Waals surface area contributed by atoms with Crippen LogP contribution in [0, 0.1) is 18.6 Å². The van der Waals surface area contributed by atoms with E-state index < -0.39 is 0 Å². The Kier molecular flexibility index (Phi) is 5.51. The lowest BCUT2D eigenvalue weighted by Gasteiger charge is -2.31. The standard InChI is InChI=1S/C22H27N5O2S/c1-14-13-19(15(2)27(14)17-5-7-18(29-4)8-6-17)21(28)26-11-9-16(10-12-26)20-23-24-22(30)25(20)3/h5-8,13,16H,9-12H2,1-4H3,(H,24,30). The van der Waals surface area contributed by atoms with Gasteiger partial charge in [0.2, 0.25) is 0 Å². The number of benzene rings is 1. The van der Waals surface area contributed by atoms with Crippen molar-refractivity contribution in [3.05, 3.63) is 57.9 Å². The van der Waals surface area contributed by atoms with Crippen LogP contribution in [0.1, 0.15) is 46.3 Å². The van der Waals surface area contributed by atoms with Crippen molar-refractivity contribution < 1.29 is 9.53 Å². The molecular formula is C22H27N5O2S. The smallest absolute Gasteiger partial charge is 0.255 e. The lowest BCUT2D eigenvalue weighted by molar-refractivity contribution is 0.0709. The molecule has 3 heterocycles. The molecule has 0 saturated carbocycles. The first kappa shape index (κ1) is 20.4. The molecule has 0 radical (unpaired) electrons. The van der Waals surface area contributed by atoms with Crippen LogP contribution in [-0.2, 0) is 7.05 Å². The van der Waals surface area contributed by atoms with Gasteiger partial charge in [0.15, 0.2) is 4.77 Å². The van der Waals surface area contributed by atoms with Crippen LogP contribution in [0.5, 0.6) is 5.75 Å². The van der Waals surface area contributed by atoms with Crippen molar-refractivity contribution in [2.24, 2.45) is 7.05 Å². The molecule has 2 aromatic heterocycles. The van der Waals surface area contributed by atoms with Crippen LogP contribution < -0.4 is 4.74 Å². The van der Waals surface area contributed by atoms with Crippen molar-refractivity contribution in [1.82, 2.24) is 24.2 Å². The molecule has 3 aromatic rings. The molecule has 1 fully saturated rings. The van der Waals surface area contributed by atoms with Crippen molar-refractivity contribution in [3.8, 4) is 11.4 Å². The molecule has 1 amide bonds. The maximum absolute atomic E-state index is 13.3. The Balaban J connectivity index is 1.51. The van der Waals surface area contributed by atoms with Crippen LogP contribution in [0.4, 0.5) is 0 Å². The minimum absolute atomic E-state index is 0.0941. The Morgan fingerprint density at radius 3 is 2.43 bits per heavy atom. The van der Waals surface area contributed by atoms with Gasteiger partial charge < -0.3 is 18.8 Å². The van der Waals surface area contributed by atoms with Crippen molar-refractivity contribution >= 4 is 18.1 Å². The largest absolute Gasteiger partial charge is 0.497 e. The van der Waals surface area contributed by atoms with Gasteiger partial charge in [-0.1, -0.05) is 0 Å². The summed E-state index contributed by atoms with van der Waals surface area (Å²) < 4.78 is 9.94. The van der Waals surface area contributed by atoms with Gasteiger partial charge in [-0.25, -0.2) is 0 Å². The number of hydrogen-bond acceptors (Lipinski definition) is 4. The summed E-state index contributed by atoms with van der Waals surface area (Å²) in [5.41, 5.74) is 3.78. The van der Waals surface area contributed by atoms with Crippen molar-refractivity contribution in [2.45, 2.75) is 32.6 Å². The van der Waals surface area contributed by atoms with E-state index in [2.05, 4.69) is 14.8 Å². The van der Waals surface area contributed by atoms with E-state index in [1.54, 1.807) is 7.11 Å². The first-order chi connectivity index (χ1) is 14.4. The number of ether oxygens (including phenoxy) is 1. The fourth-order valence-corrected chi connectivity index (χ4v) is 4.48. The molecule has 0 unspecified atom stereocenters. The average molecular weight is 426 g/mol. The highest BCUT2D eigenvalue weighted by Gasteiger charge is 2.29. The van der Waals surface area contributed by atoms with Crippen LogP contribution >= 0.6 is 12.2 Å². The predicted octanol–water partition coefficient (Wildman–Crippen LogP) is 3.91. The maximum Gasteiger partial charge on any atom is 0.255 e. The number of carbonyl (C=O) groups is 1. The number of amides is 1. The van der Waals surface area contributed by atoms with Crippen LogP contribution in [0.3, 0.4) is 0 Å². The molecule has 7 nitrogen and oxygen atoms in total. The fourth-order valence-electron chi connectivity index (χ4n) is 4.34. The van der Waals surface area contributed by atoms with Gasteiger partial charge in [-0.05, 0) is 69.2 Å².